The Hall–Kier alpha value is -4.12. The summed E-state index contributed by atoms with van der Waals surface area (Å²) < 4.78 is 5.97. The fourth-order valence-electron chi connectivity index (χ4n) is 4.08. The van der Waals surface area contributed by atoms with E-state index in [1.807, 2.05) is 85.8 Å². The maximum absolute atomic E-state index is 12.8. The topological polar surface area (TPSA) is 58.6 Å². The Morgan fingerprint density at radius 2 is 1.58 bits per heavy atom. The molecule has 5 rings (SSSR count). The molecule has 4 aromatic rings. The van der Waals surface area contributed by atoms with Crippen molar-refractivity contribution in [2.75, 3.05) is 16.8 Å². The number of hydrogen-bond donors (Lipinski definition) is 1. The number of carbonyl (C=O) groups excluding carboxylic acids is 2. The fourth-order valence-corrected chi connectivity index (χ4v) is 4.08. The van der Waals surface area contributed by atoms with Crippen LogP contribution in [0.2, 0.25) is 0 Å². The molecule has 0 radical (unpaired) electrons. The van der Waals surface area contributed by atoms with E-state index in [2.05, 4.69) is 17.4 Å². The van der Waals surface area contributed by atoms with E-state index >= 15 is 0 Å². The zero-order valence-corrected chi connectivity index (χ0v) is 18.3. The van der Waals surface area contributed by atoms with Crippen LogP contribution < -0.4 is 15.0 Å². The van der Waals surface area contributed by atoms with Crippen LogP contribution in [0.3, 0.4) is 0 Å². The highest BCUT2D eigenvalue weighted by atomic mass is 16.5. The molecule has 1 aliphatic heterocycles. The number of ether oxygens (including phenoxy) is 1. The summed E-state index contributed by atoms with van der Waals surface area (Å²) in [6.45, 7) is 2.39. The summed E-state index contributed by atoms with van der Waals surface area (Å²) >= 11 is 0. The zero-order valence-electron chi connectivity index (χ0n) is 18.3. The molecular formula is C28H24N2O3. The average Bonchev–Trinajstić information content (AvgIpc) is 3.22. The van der Waals surface area contributed by atoms with Gasteiger partial charge in [-0.1, -0.05) is 48.0 Å². The van der Waals surface area contributed by atoms with Crippen LogP contribution in [0.5, 0.6) is 11.5 Å². The molecule has 4 aromatic carbocycles. The van der Waals surface area contributed by atoms with E-state index in [1.165, 1.54) is 0 Å². The largest absolute Gasteiger partial charge is 0.457 e. The number of carbonyl (C=O) groups is 2. The van der Waals surface area contributed by atoms with E-state index in [0.717, 1.165) is 27.8 Å². The van der Waals surface area contributed by atoms with E-state index < -0.39 is 0 Å². The normalized spacial score (nSPS) is 15.6. The molecule has 5 heteroatoms. The molecule has 0 bridgehead atoms. The maximum atomic E-state index is 12.8. The number of anilines is 2. The monoisotopic (exact) mass is 436 g/mol. The lowest BCUT2D eigenvalue weighted by atomic mass is 10.1. The van der Waals surface area contributed by atoms with Crippen LogP contribution in [0.25, 0.3) is 10.8 Å². The van der Waals surface area contributed by atoms with Gasteiger partial charge in [-0.05, 0) is 66.2 Å². The van der Waals surface area contributed by atoms with E-state index in [-0.39, 0.29) is 24.2 Å². The first kappa shape index (κ1) is 20.8. The molecule has 1 atom stereocenters. The fraction of sp³-hybridized carbons (Fsp3) is 0.143. The quantitative estimate of drug-likeness (QED) is 0.422. The molecular weight excluding hydrogens is 412 g/mol. The van der Waals surface area contributed by atoms with Gasteiger partial charge in [0.15, 0.2) is 0 Å². The van der Waals surface area contributed by atoms with Crippen molar-refractivity contribution in [2.24, 2.45) is 5.92 Å². The highest BCUT2D eigenvalue weighted by Crippen LogP contribution is 2.28. The minimum absolute atomic E-state index is 0.0295. The van der Waals surface area contributed by atoms with Gasteiger partial charge in [0.05, 0.1) is 5.92 Å². The number of hydrogen-bond acceptors (Lipinski definition) is 3. The highest BCUT2D eigenvalue weighted by molar-refractivity contribution is 6.03. The highest BCUT2D eigenvalue weighted by Gasteiger charge is 2.35. The molecule has 33 heavy (non-hydrogen) atoms. The van der Waals surface area contributed by atoms with Crippen LogP contribution in [0, 0.1) is 12.8 Å². The van der Waals surface area contributed by atoms with Gasteiger partial charge in [0.25, 0.3) is 0 Å². The molecule has 0 spiro atoms. The second-order valence-electron chi connectivity index (χ2n) is 8.37. The van der Waals surface area contributed by atoms with Crippen LogP contribution in [0.4, 0.5) is 11.4 Å². The van der Waals surface area contributed by atoms with E-state index in [9.17, 15) is 9.59 Å². The minimum atomic E-state index is -0.382. The predicted octanol–water partition coefficient (Wildman–Crippen LogP) is 5.93. The standard InChI is InChI=1S/C28H24N2O3/c1-19-6-11-24(12-7-19)30-18-22(17-27(30)31)28(32)29-23-9-14-25(15-10-23)33-26-13-8-20-4-2-3-5-21(20)16-26/h2-16,22H,17-18H2,1H3,(H,29,32)/t22-/m0/s1. The molecule has 164 valence electrons. The summed E-state index contributed by atoms with van der Waals surface area (Å²) in [5, 5.41) is 5.20. The van der Waals surface area contributed by atoms with Crippen LogP contribution >= 0.6 is 0 Å². The van der Waals surface area contributed by atoms with Crippen LogP contribution in [0.15, 0.2) is 91.0 Å². The first-order valence-electron chi connectivity index (χ1n) is 11.0. The van der Waals surface area contributed by atoms with Crippen LogP contribution in [0.1, 0.15) is 12.0 Å². The number of benzene rings is 4. The van der Waals surface area contributed by atoms with Crippen LogP contribution in [-0.2, 0) is 9.59 Å². The summed E-state index contributed by atoms with van der Waals surface area (Å²) in [4.78, 5) is 26.9. The number of rotatable bonds is 5. The zero-order chi connectivity index (χ0) is 22.8. The number of amides is 2. The van der Waals surface area contributed by atoms with E-state index in [0.29, 0.717) is 18.0 Å². The van der Waals surface area contributed by atoms with Gasteiger partial charge >= 0.3 is 0 Å². The molecule has 1 fully saturated rings. The summed E-state index contributed by atoms with van der Waals surface area (Å²) in [5.74, 6) is 0.877. The Labute approximate surface area is 192 Å². The third-order valence-corrected chi connectivity index (χ3v) is 5.92. The average molecular weight is 437 g/mol. The van der Waals surface area contributed by atoms with Crippen molar-refractivity contribution >= 4 is 34.0 Å². The molecule has 5 nitrogen and oxygen atoms in total. The van der Waals surface area contributed by atoms with Crippen molar-refractivity contribution in [3.63, 3.8) is 0 Å². The van der Waals surface area contributed by atoms with Gasteiger partial charge in [-0.3, -0.25) is 9.59 Å². The van der Waals surface area contributed by atoms with E-state index in [1.54, 1.807) is 4.90 Å². The number of nitrogens with one attached hydrogen (secondary N) is 1. The lowest BCUT2D eigenvalue weighted by molar-refractivity contribution is -0.122. The SMILES string of the molecule is Cc1ccc(N2C[C@@H](C(=O)Nc3ccc(Oc4ccc5ccccc5c4)cc3)CC2=O)cc1. The molecule has 1 heterocycles. The lowest BCUT2D eigenvalue weighted by Gasteiger charge is -2.17. The molecule has 0 saturated carbocycles. The molecule has 0 aromatic heterocycles. The first-order valence-corrected chi connectivity index (χ1v) is 11.0. The second-order valence-corrected chi connectivity index (χ2v) is 8.37. The third kappa shape index (κ3) is 4.58. The summed E-state index contributed by atoms with van der Waals surface area (Å²) in [7, 11) is 0. The van der Waals surface area contributed by atoms with Crippen molar-refractivity contribution in [2.45, 2.75) is 13.3 Å². The molecule has 1 N–H and O–H groups in total. The lowest BCUT2D eigenvalue weighted by Crippen LogP contribution is -2.28. The van der Waals surface area contributed by atoms with Gasteiger partial charge in [-0.2, -0.15) is 0 Å². The number of fused-ring (bicyclic) bond motifs is 1. The van der Waals surface area contributed by atoms with Gasteiger partial charge < -0.3 is 15.0 Å². The van der Waals surface area contributed by atoms with Gasteiger partial charge in [0, 0.05) is 24.3 Å². The molecule has 1 saturated heterocycles. The van der Waals surface area contributed by atoms with Crippen molar-refractivity contribution in [3.05, 3.63) is 96.6 Å². The first-order chi connectivity index (χ1) is 16.0. The smallest absolute Gasteiger partial charge is 0.229 e. The molecule has 0 unspecified atom stereocenters. The Kier molecular flexibility index (Phi) is 5.53. The van der Waals surface area contributed by atoms with Gasteiger partial charge in [-0.25, -0.2) is 0 Å². The van der Waals surface area contributed by atoms with Crippen molar-refractivity contribution in [1.29, 1.82) is 0 Å². The molecule has 1 aliphatic rings. The number of aryl methyl sites for hydroxylation is 1. The Morgan fingerprint density at radius 3 is 2.33 bits per heavy atom. The Balaban J connectivity index is 1.21. The maximum Gasteiger partial charge on any atom is 0.229 e. The predicted molar refractivity (Wildman–Crippen MR) is 131 cm³/mol. The van der Waals surface area contributed by atoms with Crippen molar-refractivity contribution < 1.29 is 14.3 Å². The number of nitrogens with zero attached hydrogens (tertiary/aromatic N) is 1. The minimum Gasteiger partial charge on any atom is -0.457 e. The third-order valence-electron chi connectivity index (χ3n) is 5.92. The summed E-state index contributed by atoms with van der Waals surface area (Å²) in [5.41, 5.74) is 2.64. The summed E-state index contributed by atoms with van der Waals surface area (Å²) in [6, 6.07) is 29.1. The van der Waals surface area contributed by atoms with E-state index in [4.69, 9.17) is 4.74 Å². The Morgan fingerprint density at radius 1 is 0.879 bits per heavy atom. The molecule has 0 aliphatic carbocycles. The van der Waals surface area contributed by atoms with Gasteiger partial charge in [-0.15, -0.1) is 0 Å². The van der Waals surface area contributed by atoms with Gasteiger partial charge in [0.2, 0.25) is 11.8 Å². The van der Waals surface area contributed by atoms with Crippen molar-refractivity contribution in [3.8, 4) is 11.5 Å². The van der Waals surface area contributed by atoms with Crippen LogP contribution in [-0.4, -0.2) is 18.4 Å². The van der Waals surface area contributed by atoms with Gasteiger partial charge in [0.1, 0.15) is 11.5 Å². The summed E-state index contributed by atoms with van der Waals surface area (Å²) in [6.07, 6.45) is 0.211. The molecule has 2 amide bonds. The second kappa shape index (κ2) is 8.79. The van der Waals surface area contributed by atoms with Crippen molar-refractivity contribution in [1.82, 2.24) is 0 Å². The Bertz CT molecular complexity index is 1310.